The largest absolute Gasteiger partial charge is 0.508 e. The van der Waals surface area contributed by atoms with E-state index >= 15 is 0 Å². The number of thiophene rings is 1. The molecule has 7 heteroatoms. The highest BCUT2D eigenvalue weighted by Gasteiger charge is 2.25. The number of unbranched alkanes of at least 4 members (excludes halogenated alkanes) is 1. The van der Waals surface area contributed by atoms with Crippen molar-refractivity contribution in [1.29, 1.82) is 0 Å². The van der Waals surface area contributed by atoms with E-state index in [2.05, 4.69) is 35.4 Å². The molecule has 1 aromatic heterocycles. The summed E-state index contributed by atoms with van der Waals surface area (Å²) in [5, 5.41) is 21.4. The molecule has 188 valence electrons. The lowest BCUT2D eigenvalue weighted by Crippen LogP contribution is -2.41. The van der Waals surface area contributed by atoms with Crippen LogP contribution in [0.15, 0.2) is 35.7 Å². The van der Waals surface area contributed by atoms with Crippen LogP contribution in [0.3, 0.4) is 0 Å². The van der Waals surface area contributed by atoms with Crippen LogP contribution < -0.4 is 0 Å². The number of aromatic hydroxyl groups is 1. The monoisotopic (exact) mass is 521 g/mol. The van der Waals surface area contributed by atoms with E-state index in [4.69, 9.17) is 5.11 Å². The van der Waals surface area contributed by atoms with E-state index < -0.39 is 5.97 Å². The van der Waals surface area contributed by atoms with Gasteiger partial charge in [0.1, 0.15) is 5.75 Å². The van der Waals surface area contributed by atoms with Crippen LogP contribution in [0.2, 0.25) is 0 Å². The number of hydrogen-bond acceptors (Lipinski definition) is 6. The van der Waals surface area contributed by atoms with Crippen LogP contribution in [0.4, 0.5) is 0 Å². The maximum atomic E-state index is 10.2. The molecule has 0 saturated carbocycles. The molecule has 34 heavy (non-hydrogen) atoms. The lowest BCUT2D eigenvalue weighted by atomic mass is 9.86. The molecule has 1 saturated heterocycles. The molecule has 0 unspecified atom stereocenters. The van der Waals surface area contributed by atoms with Crippen molar-refractivity contribution in [2.24, 2.45) is 0 Å². The van der Waals surface area contributed by atoms with Crippen LogP contribution >= 0.6 is 32.9 Å². The Morgan fingerprint density at radius 2 is 2.03 bits per heavy atom. The lowest BCUT2D eigenvalue weighted by molar-refractivity contribution is -0.137. The summed E-state index contributed by atoms with van der Waals surface area (Å²) in [6.45, 7) is 4.58. The van der Waals surface area contributed by atoms with Crippen molar-refractivity contribution in [3.8, 4) is 5.75 Å². The Morgan fingerprint density at radius 3 is 2.74 bits per heavy atom. The maximum Gasteiger partial charge on any atom is 0.303 e. The third-order valence-electron chi connectivity index (χ3n) is 6.58. The fourth-order valence-corrected chi connectivity index (χ4v) is 8.49. The molecular weight excluding hydrogens is 483 g/mol. The van der Waals surface area contributed by atoms with E-state index in [1.807, 2.05) is 45.1 Å². The number of benzene rings is 1. The van der Waals surface area contributed by atoms with Crippen LogP contribution in [0.5, 0.6) is 5.75 Å². The van der Waals surface area contributed by atoms with Gasteiger partial charge in [0.05, 0.1) is 0 Å². The minimum atomic E-state index is -0.663. The van der Waals surface area contributed by atoms with Gasteiger partial charge in [0.15, 0.2) is 0 Å². The molecule has 1 aliphatic carbocycles. The number of fused-ring (bicyclic) bond motifs is 1. The SMILES string of the molecule is CCCN(CCc1cccs1)[C@H]1CCc2c(O)cccc2C1.O=C(O)CCCC[C@H]1CCSS1. The Balaban J connectivity index is 0.000000229. The predicted octanol–water partition coefficient (Wildman–Crippen LogP) is 7.05. The summed E-state index contributed by atoms with van der Waals surface area (Å²) in [5.74, 6) is 1.09. The summed E-state index contributed by atoms with van der Waals surface area (Å²) in [6.07, 6.45) is 10.4. The van der Waals surface area contributed by atoms with Crippen molar-refractivity contribution in [3.63, 3.8) is 0 Å². The summed E-state index contributed by atoms with van der Waals surface area (Å²) >= 11 is 1.86. The molecule has 2 heterocycles. The normalized spacial score (nSPS) is 19.5. The van der Waals surface area contributed by atoms with Gasteiger partial charge in [-0.05, 0) is 86.6 Å². The number of carbonyl (C=O) groups is 1. The van der Waals surface area contributed by atoms with Gasteiger partial charge in [-0.2, -0.15) is 0 Å². The summed E-state index contributed by atoms with van der Waals surface area (Å²) in [4.78, 5) is 14.3. The van der Waals surface area contributed by atoms with Crippen LogP contribution in [0.1, 0.15) is 67.9 Å². The molecule has 1 aromatic carbocycles. The zero-order valence-electron chi connectivity index (χ0n) is 20.3. The Bertz CT molecular complexity index is 853. The Labute approximate surface area is 216 Å². The second-order valence-corrected chi connectivity index (χ2v) is 13.0. The molecule has 4 rings (SSSR count). The lowest BCUT2D eigenvalue weighted by Gasteiger charge is -2.35. The van der Waals surface area contributed by atoms with Crippen LogP contribution in [-0.2, 0) is 24.1 Å². The molecule has 1 aliphatic heterocycles. The molecule has 2 aromatic rings. The molecule has 2 aliphatic rings. The molecule has 2 atom stereocenters. The summed E-state index contributed by atoms with van der Waals surface area (Å²) in [6, 6.07) is 11.0. The van der Waals surface area contributed by atoms with Crippen LogP contribution in [-0.4, -0.2) is 51.2 Å². The van der Waals surface area contributed by atoms with Gasteiger partial charge in [-0.15, -0.1) is 11.3 Å². The maximum absolute atomic E-state index is 10.2. The molecular formula is C27H39NO3S3. The molecule has 0 bridgehead atoms. The van der Waals surface area contributed by atoms with E-state index in [9.17, 15) is 9.90 Å². The average Bonchev–Trinajstić information content (AvgIpc) is 3.54. The number of hydrogen-bond donors (Lipinski definition) is 2. The van der Waals surface area contributed by atoms with Gasteiger partial charge in [-0.3, -0.25) is 9.69 Å². The van der Waals surface area contributed by atoms with Gasteiger partial charge in [-0.1, -0.05) is 53.1 Å². The summed E-state index contributed by atoms with van der Waals surface area (Å²) in [5.41, 5.74) is 2.52. The number of aliphatic carboxylic acids is 1. The van der Waals surface area contributed by atoms with E-state index in [0.717, 1.165) is 50.3 Å². The van der Waals surface area contributed by atoms with Crippen molar-refractivity contribution in [1.82, 2.24) is 4.90 Å². The molecule has 4 nitrogen and oxygen atoms in total. The Kier molecular flexibility index (Phi) is 12.2. The average molecular weight is 522 g/mol. The Morgan fingerprint density at radius 1 is 1.15 bits per heavy atom. The van der Waals surface area contributed by atoms with Crippen molar-refractivity contribution >= 4 is 38.9 Å². The molecule has 0 radical (unpaired) electrons. The van der Waals surface area contributed by atoms with Crippen molar-refractivity contribution in [2.45, 2.75) is 82.4 Å². The van der Waals surface area contributed by atoms with Crippen molar-refractivity contribution in [2.75, 3.05) is 18.8 Å². The highest BCUT2D eigenvalue weighted by molar-refractivity contribution is 8.77. The van der Waals surface area contributed by atoms with Crippen molar-refractivity contribution in [3.05, 3.63) is 51.7 Å². The minimum Gasteiger partial charge on any atom is -0.508 e. The molecule has 2 N–H and O–H groups in total. The molecule has 0 spiro atoms. The van der Waals surface area contributed by atoms with Crippen LogP contribution in [0.25, 0.3) is 0 Å². The second-order valence-electron chi connectivity index (χ2n) is 9.15. The fourth-order valence-electron chi connectivity index (χ4n) is 4.76. The van der Waals surface area contributed by atoms with Crippen LogP contribution in [0, 0.1) is 0 Å². The third-order valence-corrected chi connectivity index (χ3v) is 10.5. The first-order valence-electron chi connectivity index (χ1n) is 12.6. The first-order chi connectivity index (χ1) is 16.6. The van der Waals surface area contributed by atoms with Gasteiger partial charge < -0.3 is 10.2 Å². The number of carboxylic acids is 1. The minimum absolute atomic E-state index is 0.338. The van der Waals surface area contributed by atoms with E-state index in [1.54, 1.807) is 0 Å². The zero-order valence-corrected chi connectivity index (χ0v) is 22.7. The zero-order chi connectivity index (χ0) is 24.2. The molecule has 0 amide bonds. The quantitative estimate of drug-likeness (QED) is 0.244. The highest BCUT2D eigenvalue weighted by atomic mass is 33.1. The second kappa shape index (κ2) is 15.1. The number of phenols is 1. The van der Waals surface area contributed by atoms with Gasteiger partial charge in [-0.25, -0.2) is 0 Å². The fraction of sp³-hybridized carbons (Fsp3) is 0.593. The smallest absolute Gasteiger partial charge is 0.303 e. The summed E-state index contributed by atoms with van der Waals surface area (Å²) in [7, 11) is 3.92. The first-order valence-corrected chi connectivity index (χ1v) is 15.9. The van der Waals surface area contributed by atoms with Gasteiger partial charge in [0.2, 0.25) is 0 Å². The highest BCUT2D eigenvalue weighted by Crippen LogP contribution is 2.39. The van der Waals surface area contributed by atoms with E-state index in [1.165, 1.54) is 47.6 Å². The van der Waals surface area contributed by atoms with Crippen molar-refractivity contribution < 1.29 is 15.0 Å². The summed E-state index contributed by atoms with van der Waals surface area (Å²) < 4.78 is 0. The number of nitrogens with zero attached hydrogens (tertiary/aromatic N) is 1. The predicted molar refractivity (Wildman–Crippen MR) is 148 cm³/mol. The van der Waals surface area contributed by atoms with E-state index in [0.29, 0.717) is 18.2 Å². The van der Waals surface area contributed by atoms with E-state index in [-0.39, 0.29) is 0 Å². The number of phenolic OH excluding ortho intramolecular Hbond substituents is 1. The van der Waals surface area contributed by atoms with Gasteiger partial charge in [0.25, 0.3) is 0 Å². The number of carboxylic acid groups (broad SMARTS) is 1. The number of rotatable bonds is 11. The first kappa shape index (κ1) is 27.4. The van der Waals surface area contributed by atoms with Gasteiger partial charge >= 0.3 is 5.97 Å². The topological polar surface area (TPSA) is 60.8 Å². The standard InChI is InChI=1S/C19H25NOS.C8H14O2S2/c1-2-11-20(12-10-17-6-4-13-22-17)16-8-9-18-15(14-16)5-3-7-19(18)21;9-8(10)4-2-1-3-7-5-6-11-12-7/h3-7,13,16,21H,2,8-12,14H2,1H3;7H,1-6H2,(H,9,10)/t16-;7-/m00/s1. The van der Waals surface area contributed by atoms with Gasteiger partial charge in [0, 0.05) is 34.9 Å². The Hall–Kier alpha value is -1.15. The third kappa shape index (κ3) is 9.14. The molecule has 1 fully saturated rings.